The second-order valence-electron chi connectivity index (χ2n) is 2.82. The monoisotopic (exact) mass is 222 g/mol. The third-order valence-corrected chi connectivity index (χ3v) is 1.76. The lowest BCUT2D eigenvalue weighted by Gasteiger charge is -2.05. The number of ether oxygens (including phenoxy) is 1. The van der Waals surface area contributed by atoms with E-state index in [0.29, 0.717) is 11.3 Å². The molecule has 1 rings (SSSR count). The number of nitrogens with zero attached hydrogens (tertiary/aromatic N) is 2. The zero-order valence-corrected chi connectivity index (χ0v) is 8.37. The molecule has 0 atom stereocenters. The smallest absolute Gasteiger partial charge is 0.270 e. The average Bonchev–Trinajstić information content (AvgIpc) is 2.27. The van der Waals surface area contributed by atoms with Gasteiger partial charge in [-0.15, -0.1) is 0 Å². The summed E-state index contributed by atoms with van der Waals surface area (Å²) < 4.78 is 5.23. The van der Waals surface area contributed by atoms with Crippen molar-refractivity contribution in [2.45, 2.75) is 0 Å². The first-order valence-electron chi connectivity index (χ1n) is 4.38. The molecule has 0 unspecified atom stereocenters. The number of benzene rings is 1. The third kappa shape index (κ3) is 2.81. The van der Waals surface area contributed by atoms with Gasteiger partial charge in [0.05, 0.1) is 11.1 Å². The summed E-state index contributed by atoms with van der Waals surface area (Å²) in [6.45, 7) is 3.75. The van der Waals surface area contributed by atoms with Crippen LogP contribution < -0.4 is 4.74 Å². The highest BCUT2D eigenvalue weighted by Gasteiger charge is 2.10. The lowest BCUT2D eigenvalue weighted by molar-refractivity contribution is -0.384. The maximum atomic E-state index is 10.5. The van der Waals surface area contributed by atoms with Crippen molar-refractivity contribution in [3.8, 4) is 5.75 Å². The number of nitro groups is 1. The molecule has 16 heavy (non-hydrogen) atoms. The number of nitro benzene ring substituents is 1. The van der Waals surface area contributed by atoms with Crippen LogP contribution in [0.3, 0.4) is 0 Å². The van der Waals surface area contributed by atoms with Crippen LogP contribution in [0.5, 0.6) is 5.75 Å². The highest BCUT2D eigenvalue weighted by molar-refractivity contribution is 5.84. The molecule has 6 heteroatoms. The van der Waals surface area contributed by atoms with Crippen molar-refractivity contribution < 1.29 is 14.9 Å². The van der Waals surface area contributed by atoms with E-state index < -0.39 is 4.92 Å². The van der Waals surface area contributed by atoms with Gasteiger partial charge in [-0.3, -0.25) is 10.1 Å². The van der Waals surface area contributed by atoms with Crippen molar-refractivity contribution in [3.63, 3.8) is 0 Å². The van der Waals surface area contributed by atoms with E-state index in [1.165, 1.54) is 18.2 Å². The summed E-state index contributed by atoms with van der Waals surface area (Å²) in [7, 11) is 0. The summed E-state index contributed by atoms with van der Waals surface area (Å²) in [6.07, 6.45) is 2.62. The predicted octanol–water partition coefficient (Wildman–Crippen LogP) is 1.97. The highest BCUT2D eigenvalue weighted by Crippen LogP contribution is 2.22. The van der Waals surface area contributed by atoms with Gasteiger partial charge in [0.15, 0.2) is 0 Å². The Balaban J connectivity index is 3.08. The third-order valence-electron chi connectivity index (χ3n) is 1.76. The Hall–Kier alpha value is -2.37. The van der Waals surface area contributed by atoms with E-state index in [0.717, 1.165) is 6.21 Å². The van der Waals surface area contributed by atoms with E-state index in [1.807, 2.05) is 0 Å². The molecule has 0 heterocycles. The first kappa shape index (κ1) is 11.7. The second kappa shape index (κ2) is 5.50. The minimum Gasteiger partial charge on any atom is -0.489 e. The standard InChI is InChI=1S/C10H10N2O4/c1-2-5-16-10-4-3-9(12(14)15)6-8(10)7-11-13/h2-4,6-7,13H,1,5H2/b11-7+. The fraction of sp³-hybridized carbons (Fsp3) is 0.100. The molecule has 0 aliphatic heterocycles. The van der Waals surface area contributed by atoms with Crippen LogP contribution in [0.1, 0.15) is 5.56 Å². The molecule has 0 aliphatic carbocycles. The average molecular weight is 222 g/mol. The van der Waals surface area contributed by atoms with Crippen molar-refractivity contribution in [3.05, 3.63) is 46.5 Å². The van der Waals surface area contributed by atoms with Crippen LogP contribution in [0.15, 0.2) is 36.0 Å². The molecular formula is C10H10N2O4. The first-order chi connectivity index (χ1) is 7.69. The molecule has 0 bridgehead atoms. The Labute approximate surface area is 91.6 Å². The van der Waals surface area contributed by atoms with Gasteiger partial charge in [0.25, 0.3) is 5.69 Å². The van der Waals surface area contributed by atoms with Gasteiger partial charge < -0.3 is 9.94 Å². The number of hydrogen-bond acceptors (Lipinski definition) is 5. The lowest BCUT2D eigenvalue weighted by Crippen LogP contribution is -1.98. The Kier molecular flexibility index (Phi) is 4.02. The molecule has 0 aliphatic rings. The van der Waals surface area contributed by atoms with Crippen LogP contribution in [0.2, 0.25) is 0 Å². The lowest BCUT2D eigenvalue weighted by atomic mass is 10.2. The van der Waals surface area contributed by atoms with Crippen LogP contribution in [0.4, 0.5) is 5.69 Å². The molecule has 0 amide bonds. The van der Waals surface area contributed by atoms with Crippen LogP contribution >= 0.6 is 0 Å². The SMILES string of the molecule is C=CCOc1ccc([N+](=O)[O-])cc1/C=N/O. The molecular weight excluding hydrogens is 212 g/mol. The van der Waals surface area contributed by atoms with Gasteiger partial charge in [0.1, 0.15) is 12.4 Å². The molecule has 0 saturated heterocycles. The normalized spacial score (nSPS) is 10.2. The summed E-state index contributed by atoms with van der Waals surface area (Å²) in [5.41, 5.74) is 0.236. The zero-order valence-electron chi connectivity index (χ0n) is 8.37. The van der Waals surface area contributed by atoms with Crippen LogP contribution in [-0.2, 0) is 0 Å². The zero-order chi connectivity index (χ0) is 12.0. The maximum absolute atomic E-state index is 10.5. The molecule has 1 aromatic rings. The van der Waals surface area contributed by atoms with Crippen molar-refractivity contribution >= 4 is 11.9 Å². The van der Waals surface area contributed by atoms with E-state index in [2.05, 4.69) is 11.7 Å². The molecule has 0 fully saturated rings. The molecule has 0 saturated carbocycles. The molecule has 6 nitrogen and oxygen atoms in total. The van der Waals surface area contributed by atoms with Gasteiger partial charge in [-0.25, -0.2) is 0 Å². The van der Waals surface area contributed by atoms with E-state index in [4.69, 9.17) is 9.94 Å². The van der Waals surface area contributed by atoms with Crippen LogP contribution in [0, 0.1) is 10.1 Å². The summed E-state index contributed by atoms with van der Waals surface area (Å²) in [5.74, 6) is 0.392. The van der Waals surface area contributed by atoms with Crippen molar-refractivity contribution in [1.82, 2.24) is 0 Å². The van der Waals surface area contributed by atoms with E-state index in [1.54, 1.807) is 6.08 Å². The summed E-state index contributed by atoms with van der Waals surface area (Å²) >= 11 is 0. The van der Waals surface area contributed by atoms with E-state index >= 15 is 0 Å². The maximum Gasteiger partial charge on any atom is 0.270 e. The summed E-state index contributed by atoms with van der Waals surface area (Å²) in [5, 5.41) is 21.8. The summed E-state index contributed by atoms with van der Waals surface area (Å²) in [4.78, 5) is 9.99. The fourth-order valence-corrected chi connectivity index (χ4v) is 1.09. The van der Waals surface area contributed by atoms with Gasteiger partial charge in [0.2, 0.25) is 0 Å². The number of non-ortho nitro benzene ring substituents is 1. The van der Waals surface area contributed by atoms with Gasteiger partial charge in [-0.05, 0) is 6.07 Å². The van der Waals surface area contributed by atoms with Gasteiger partial charge >= 0.3 is 0 Å². The van der Waals surface area contributed by atoms with E-state index in [-0.39, 0.29) is 12.3 Å². The summed E-state index contributed by atoms with van der Waals surface area (Å²) in [6, 6.07) is 4.02. The molecule has 0 spiro atoms. The minimum atomic E-state index is -0.536. The molecule has 0 radical (unpaired) electrons. The quantitative estimate of drug-likeness (QED) is 0.271. The predicted molar refractivity (Wildman–Crippen MR) is 58.2 cm³/mol. The second-order valence-corrected chi connectivity index (χ2v) is 2.82. The van der Waals surface area contributed by atoms with Crippen LogP contribution in [-0.4, -0.2) is 23.0 Å². The van der Waals surface area contributed by atoms with Gasteiger partial charge in [-0.1, -0.05) is 17.8 Å². The van der Waals surface area contributed by atoms with Crippen LogP contribution in [0.25, 0.3) is 0 Å². The topological polar surface area (TPSA) is 85.0 Å². The number of rotatable bonds is 5. The van der Waals surface area contributed by atoms with Crippen molar-refractivity contribution in [2.75, 3.05) is 6.61 Å². The van der Waals surface area contributed by atoms with Crippen molar-refractivity contribution in [2.24, 2.45) is 5.16 Å². The largest absolute Gasteiger partial charge is 0.489 e. The first-order valence-corrected chi connectivity index (χ1v) is 4.38. The Bertz CT molecular complexity index is 429. The Morgan fingerprint density at radius 3 is 2.94 bits per heavy atom. The van der Waals surface area contributed by atoms with E-state index in [9.17, 15) is 10.1 Å². The number of hydrogen-bond donors (Lipinski definition) is 1. The van der Waals surface area contributed by atoms with Gasteiger partial charge in [-0.2, -0.15) is 0 Å². The Morgan fingerprint density at radius 1 is 1.62 bits per heavy atom. The fourth-order valence-electron chi connectivity index (χ4n) is 1.09. The highest BCUT2D eigenvalue weighted by atomic mass is 16.6. The van der Waals surface area contributed by atoms with Gasteiger partial charge in [0, 0.05) is 17.7 Å². The number of oxime groups is 1. The molecule has 1 aromatic carbocycles. The Morgan fingerprint density at radius 2 is 2.38 bits per heavy atom. The minimum absolute atomic E-state index is 0.0964. The van der Waals surface area contributed by atoms with Crippen molar-refractivity contribution in [1.29, 1.82) is 0 Å². The molecule has 1 N–H and O–H groups in total. The molecule has 0 aromatic heterocycles. The molecule has 84 valence electrons.